The van der Waals surface area contributed by atoms with Gasteiger partial charge in [-0.15, -0.1) is 0 Å². The van der Waals surface area contributed by atoms with Crippen molar-refractivity contribution in [3.8, 4) is 11.4 Å². The number of tetrazole rings is 1. The fourth-order valence-corrected chi connectivity index (χ4v) is 3.01. The standard InChI is InChI=1S/C17H17IN4O2/c1-11-7-8-12(2)16(9-11)24-10-13-14(18)5-4-6-15(13)22-17(23)21(3)19-20-22/h4-9H,10H2,1-3H3. The van der Waals surface area contributed by atoms with E-state index in [0.717, 1.165) is 26.0 Å². The van der Waals surface area contributed by atoms with Gasteiger partial charge in [0.2, 0.25) is 0 Å². The minimum Gasteiger partial charge on any atom is -0.489 e. The first kappa shape index (κ1) is 16.7. The van der Waals surface area contributed by atoms with Crippen LogP contribution in [0.5, 0.6) is 5.75 Å². The fraction of sp³-hybridized carbons (Fsp3) is 0.235. The smallest absolute Gasteiger partial charge is 0.368 e. The van der Waals surface area contributed by atoms with Gasteiger partial charge in [0.25, 0.3) is 0 Å². The van der Waals surface area contributed by atoms with Crippen LogP contribution in [0.25, 0.3) is 5.69 Å². The van der Waals surface area contributed by atoms with Gasteiger partial charge < -0.3 is 4.74 Å². The highest BCUT2D eigenvalue weighted by atomic mass is 127. The van der Waals surface area contributed by atoms with E-state index < -0.39 is 0 Å². The molecule has 0 spiro atoms. The van der Waals surface area contributed by atoms with Crippen LogP contribution in [0.1, 0.15) is 16.7 Å². The van der Waals surface area contributed by atoms with E-state index in [-0.39, 0.29) is 5.69 Å². The van der Waals surface area contributed by atoms with Crippen LogP contribution >= 0.6 is 22.6 Å². The zero-order valence-electron chi connectivity index (χ0n) is 13.7. The molecule has 1 aromatic heterocycles. The zero-order valence-corrected chi connectivity index (χ0v) is 15.8. The van der Waals surface area contributed by atoms with Crippen molar-refractivity contribution in [2.24, 2.45) is 7.05 Å². The van der Waals surface area contributed by atoms with Crippen LogP contribution in [-0.2, 0) is 13.7 Å². The third kappa shape index (κ3) is 3.21. The number of ether oxygens (including phenoxy) is 1. The van der Waals surface area contributed by atoms with Gasteiger partial charge in [-0.1, -0.05) is 18.2 Å². The Kier molecular flexibility index (Phi) is 4.70. The molecule has 0 aliphatic carbocycles. The normalized spacial score (nSPS) is 10.8. The van der Waals surface area contributed by atoms with Crippen LogP contribution in [-0.4, -0.2) is 19.8 Å². The van der Waals surface area contributed by atoms with Gasteiger partial charge in [-0.3, -0.25) is 0 Å². The predicted octanol–water partition coefficient (Wildman–Crippen LogP) is 2.77. The second-order valence-corrected chi connectivity index (χ2v) is 6.75. The molecule has 0 saturated carbocycles. The number of aryl methyl sites for hydroxylation is 3. The minimum atomic E-state index is -0.287. The van der Waals surface area contributed by atoms with Crippen molar-refractivity contribution in [1.29, 1.82) is 0 Å². The van der Waals surface area contributed by atoms with Gasteiger partial charge in [0, 0.05) is 16.2 Å². The van der Waals surface area contributed by atoms with Crippen LogP contribution in [0.3, 0.4) is 0 Å². The van der Waals surface area contributed by atoms with E-state index in [9.17, 15) is 4.79 Å². The first-order valence-corrected chi connectivity index (χ1v) is 8.52. The van der Waals surface area contributed by atoms with Crippen molar-refractivity contribution < 1.29 is 4.74 Å². The number of rotatable bonds is 4. The maximum absolute atomic E-state index is 12.2. The molecule has 1 heterocycles. The van der Waals surface area contributed by atoms with Gasteiger partial charge >= 0.3 is 5.69 Å². The van der Waals surface area contributed by atoms with E-state index in [1.807, 2.05) is 44.2 Å². The quantitative estimate of drug-likeness (QED) is 0.591. The number of hydrogen-bond donors (Lipinski definition) is 0. The van der Waals surface area contributed by atoms with Crippen molar-refractivity contribution in [2.45, 2.75) is 20.5 Å². The maximum Gasteiger partial charge on any atom is 0.368 e. The number of benzene rings is 2. The highest BCUT2D eigenvalue weighted by Crippen LogP contribution is 2.24. The lowest BCUT2D eigenvalue weighted by molar-refractivity contribution is 0.302. The van der Waals surface area contributed by atoms with Gasteiger partial charge in [0.1, 0.15) is 12.4 Å². The fourth-order valence-electron chi connectivity index (χ4n) is 2.37. The van der Waals surface area contributed by atoms with E-state index in [1.54, 1.807) is 7.05 Å². The summed E-state index contributed by atoms with van der Waals surface area (Å²) in [6.07, 6.45) is 0. The lowest BCUT2D eigenvalue weighted by Crippen LogP contribution is -2.23. The molecule has 0 aliphatic heterocycles. The van der Waals surface area contributed by atoms with Crippen molar-refractivity contribution in [1.82, 2.24) is 19.8 Å². The highest BCUT2D eigenvalue weighted by molar-refractivity contribution is 14.1. The second kappa shape index (κ2) is 6.76. The molecular formula is C17H17IN4O2. The molecule has 124 valence electrons. The molecule has 2 aromatic carbocycles. The van der Waals surface area contributed by atoms with Crippen LogP contribution in [0.4, 0.5) is 0 Å². The Labute approximate surface area is 153 Å². The van der Waals surface area contributed by atoms with Crippen LogP contribution in [0, 0.1) is 17.4 Å². The summed E-state index contributed by atoms with van der Waals surface area (Å²) in [5.41, 5.74) is 3.52. The molecule has 24 heavy (non-hydrogen) atoms. The monoisotopic (exact) mass is 436 g/mol. The minimum absolute atomic E-state index is 0.287. The van der Waals surface area contributed by atoms with Crippen LogP contribution in [0.2, 0.25) is 0 Å². The van der Waals surface area contributed by atoms with Gasteiger partial charge in [0.15, 0.2) is 0 Å². The topological polar surface area (TPSA) is 61.9 Å². The third-order valence-electron chi connectivity index (χ3n) is 3.76. The summed E-state index contributed by atoms with van der Waals surface area (Å²) in [6.45, 7) is 4.39. The zero-order chi connectivity index (χ0) is 17.3. The highest BCUT2D eigenvalue weighted by Gasteiger charge is 2.14. The number of hydrogen-bond acceptors (Lipinski definition) is 4. The van der Waals surface area contributed by atoms with Crippen LogP contribution in [0.15, 0.2) is 41.2 Å². The summed E-state index contributed by atoms with van der Waals surface area (Å²) in [6, 6.07) is 11.8. The molecule has 7 heteroatoms. The number of nitrogens with zero attached hydrogens (tertiary/aromatic N) is 4. The molecule has 0 saturated heterocycles. The largest absolute Gasteiger partial charge is 0.489 e. The number of halogens is 1. The first-order chi connectivity index (χ1) is 11.5. The number of aromatic nitrogens is 4. The van der Waals surface area contributed by atoms with Crippen molar-refractivity contribution in [2.75, 3.05) is 0 Å². The summed E-state index contributed by atoms with van der Waals surface area (Å²) in [7, 11) is 1.58. The molecule has 0 aliphatic rings. The lowest BCUT2D eigenvalue weighted by Gasteiger charge is -2.14. The third-order valence-corrected chi connectivity index (χ3v) is 4.77. The van der Waals surface area contributed by atoms with E-state index in [4.69, 9.17) is 4.74 Å². The molecule has 0 amide bonds. The predicted molar refractivity (Wildman–Crippen MR) is 99.6 cm³/mol. The maximum atomic E-state index is 12.2. The Balaban J connectivity index is 1.98. The van der Waals surface area contributed by atoms with Crippen molar-refractivity contribution >= 4 is 22.6 Å². The van der Waals surface area contributed by atoms with Crippen molar-refractivity contribution in [3.05, 3.63) is 67.1 Å². The van der Waals surface area contributed by atoms with Gasteiger partial charge in [0.05, 0.1) is 5.69 Å². The van der Waals surface area contributed by atoms with E-state index >= 15 is 0 Å². The van der Waals surface area contributed by atoms with E-state index in [2.05, 4.69) is 39.1 Å². The Hall–Kier alpha value is -2.16. The first-order valence-electron chi connectivity index (χ1n) is 7.44. The molecule has 0 bridgehead atoms. The van der Waals surface area contributed by atoms with E-state index in [0.29, 0.717) is 12.3 Å². The Morgan fingerprint density at radius 3 is 2.67 bits per heavy atom. The molecule has 0 fully saturated rings. The molecule has 0 radical (unpaired) electrons. The molecule has 0 unspecified atom stereocenters. The van der Waals surface area contributed by atoms with Crippen molar-refractivity contribution in [3.63, 3.8) is 0 Å². The second-order valence-electron chi connectivity index (χ2n) is 5.59. The summed E-state index contributed by atoms with van der Waals surface area (Å²) in [5, 5.41) is 7.71. The SMILES string of the molecule is Cc1ccc(C)c(OCc2c(I)cccc2-n2nnn(C)c2=O)c1. The molecule has 6 nitrogen and oxygen atoms in total. The Morgan fingerprint density at radius 2 is 1.96 bits per heavy atom. The average Bonchev–Trinajstić information content (AvgIpc) is 2.88. The molecule has 3 aromatic rings. The summed E-state index contributed by atoms with van der Waals surface area (Å²) < 4.78 is 9.52. The van der Waals surface area contributed by atoms with E-state index in [1.165, 1.54) is 9.36 Å². The van der Waals surface area contributed by atoms with Gasteiger partial charge in [-0.25, -0.2) is 4.79 Å². The van der Waals surface area contributed by atoms with Crippen LogP contribution < -0.4 is 10.4 Å². The lowest BCUT2D eigenvalue weighted by atomic mass is 10.1. The molecule has 3 rings (SSSR count). The molecule has 0 atom stereocenters. The Morgan fingerprint density at radius 1 is 1.17 bits per heavy atom. The van der Waals surface area contributed by atoms with Gasteiger partial charge in [-0.05, 0) is 76.2 Å². The molecular weight excluding hydrogens is 419 g/mol. The van der Waals surface area contributed by atoms with Gasteiger partial charge in [-0.2, -0.15) is 9.36 Å². The summed E-state index contributed by atoms with van der Waals surface area (Å²) in [4.78, 5) is 12.2. The summed E-state index contributed by atoms with van der Waals surface area (Å²) in [5.74, 6) is 0.840. The average molecular weight is 436 g/mol. The summed E-state index contributed by atoms with van der Waals surface area (Å²) >= 11 is 2.24. The Bertz CT molecular complexity index is 946. The molecule has 0 N–H and O–H groups in total.